The van der Waals surface area contributed by atoms with Crippen LogP contribution in [0, 0.1) is 11.8 Å². The zero-order chi connectivity index (χ0) is 12.0. The SMILES string of the molecule is CC(C)CCCC(=O)NC[C@H]1CCN(C)C1. The summed E-state index contributed by atoms with van der Waals surface area (Å²) in [5.41, 5.74) is 0. The van der Waals surface area contributed by atoms with Crippen LogP contribution in [0.25, 0.3) is 0 Å². The van der Waals surface area contributed by atoms with Gasteiger partial charge in [-0.15, -0.1) is 0 Å². The predicted molar refractivity (Wildman–Crippen MR) is 67.3 cm³/mol. The van der Waals surface area contributed by atoms with Crippen molar-refractivity contribution >= 4 is 5.91 Å². The molecule has 1 fully saturated rings. The third kappa shape index (κ3) is 5.50. The van der Waals surface area contributed by atoms with Gasteiger partial charge in [-0.2, -0.15) is 0 Å². The number of nitrogens with zero attached hydrogens (tertiary/aromatic N) is 1. The van der Waals surface area contributed by atoms with E-state index in [9.17, 15) is 4.79 Å². The normalized spacial score (nSPS) is 21.6. The molecule has 1 aliphatic rings. The summed E-state index contributed by atoms with van der Waals surface area (Å²) < 4.78 is 0. The second-order valence-electron chi connectivity index (χ2n) is 5.51. The van der Waals surface area contributed by atoms with Gasteiger partial charge in [0.1, 0.15) is 0 Å². The maximum Gasteiger partial charge on any atom is 0.220 e. The minimum absolute atomic E-state index is 0.232. The summed E-state index contributed by atoms with van der Waals surface area (Å²) >= 11 is 0. The van der Waals surface area contributed by atoms with E-state index in [-0.39, 0.29) is 5.91 Å². The molecule has 1 N–H and O–H groups in total. The third-order valence-electron chi connectivity index (χ3n) is 3.26. The lowest BCUT2D eigenvalue weighted by atomic mass is 10.1. The zero-order valence-electron chi connectivity index (χ0n) is 11.0. The molecule has 0 aliphatic carbocycles. The summed E-state index contributed by atoms with van der Waals surface area (Å²) in [4.78, 5) is 13.9. The van der Waals surface area contributed by atoms with Gasteiger partial charge in [0, 0.05) is 19.5 Å². The van der Waals surface area contributed by atoms with Gasteiger partial charge in [0.15, 0.2) is 0 Å². The van der Waals surface area contributed by atoms with Crippen LogP contribution in [0.1, 0.15) is 39.5 Å². The molecule has 0 aromatic heterocycles. The minimum atomic E-state index is 0.232. The van der Waals surface area contributed by atoms with Crippen LogP contribution in [0.5, 0.6) is 0 Å². The first-order valence-electron chi connectivity index (χ1n) is 6.53. The molecule has 1 aliphatic heterocycles. The molecule has 1 rings (SSSR count). The van der Waals surface area contributed by atoms with Gasteiger partial charge in [-0.3, -0.25) is 4.79 Å². The van der Waals surface area contributed by atoms with Crippen LogP contribution in [0.3, 0.4) is 0 Å². The van der Waals surface area contributed by atoms with E-state index >= 15 is 0 Å². The second-order valence-corrected chi connectivity index (χ2v) is 5.51. The van der Waals surface area contributed by atoms with E-state index < -0.39 is 0 Å². The van der Waals surface area contributed by atoms with Crippen LogP contribution in [-0.4, -0.2) is 37.5 Å². The number of hydrogen-bond acceptors (Lipinski definition) is 2. The molecule has 0 saturated carbocycles. The Morgan fingerprint density at radius 1 is 1.50 bits per heavy atom. The largest absolute Gasteiger partial charge is 0.356 e. The molecular formula is C13H26N2O. The standard InChI is InChI=1S/C13H26N2O/c1-11(2)5-4-6-13(16)14-9-12-7-8-15(3)10-12/h11-12H,4-10H2,1-3H3,(H,14,16)/t12-/m1/s1. The molecule has 1 amide bonds. The maximum absolute atomic E-state index is 11.5. The Morgan fingerprint density at radius 3 is 2.81 bits per heavy atom. The van der Waals surface area contributed by atoms with Crippen LogP contribution in [-0.2, 0) is 4.79 Å². The molecule has 1 atom stereocenters. The fraction of sp³-hybridized carbons (Fsp3) is 0.923. The number of nitrogens with one attached hydrogen (secondary N) is 1. The highest BCUT2D eigenvalue weighted by molar-refractivity contribution is 5.75. The molecule has 3 heteroatoms. The molecule has 0 radical (unpaired) electrons. The van der Waals surface area contributed by atoms with Crippen molar-refractivity contribution in [1.82, 2.24) is 10.2 Å². The van der Waals surface area contributed by atoms with Crippen molar-refractivity contribution in [3.05, 3.63) is 0 Å². The fourth-order valence-corrected chi connectivity index (χ4v) is 2.21. The lowest BCUT2D eigenvalue weighted by molar-refractivity contribution is -0.121. The molecule has 1 heterocycles. The molecule has 0 spiro atoms. The molecule has 0 unspecified atom stereocenters. The van der Waals surface area contributed by atoms with Crippen molar-refractivity contribution in [2.45, 2.75) is 39.5 Å². The lowest BCUT2D eigenvalue weighted by Crippen LogP contribution is -2.30. The van der Waals surface area contributed by atoms with Gasteiger partial charge >= 0.3 is 0 Å². The van der Waals surface area contributed by atoms with E-state index in [1.807, 2.05) is 0 Å². The van der Waals surface area contributed by atoms with Crippen LogP contribution in [0.15, 0.2) is 0 Å². The maximum atomic E-state index is 11.5. The molecule has 94 valence electrons. The summed E-state index contributed by atoms with van der Waals surface area (Å²) in [6.45, 7) is 7.57. The monoisotopic (exact) mass is 226 g/mol. The van der Waals surface area contributed by atoms with Gasteiger partial charge < -0.3 is 10.2 Å². The lowest BCUT2D eigenvalue weighted by Gasteiger charge is -2.11. The van der Waals surface area contributed by atoms with Gasteiger partial charge in [-0.1, -0.05) is 20.3 Å². The van der Waals surface area contributed by atoms with Gasteiger partial charge in [-0.05, 0) is 38.3 Å². The topological polar surface area (TPSA) is 32.3 Å². The molecular weight excluding hydrogens is 200 g/mol. The van der Waals surface area contributed by atoms with Crippen molar-refractivity contribution in [3.8, 4) is 0 Å². The molecule has 0 aromatic rings. The van der Waals surface area contributed by atoms with Crippen LogP contribution < -0.4 is 5.32 Å². The first-order valence-corrected chi connectivity index (χ1v) is 6.53. The summed E-state index contributed by atoms with van der Waals surface area (Å²) in [6.07, 6.45) is 4.09. The fourth-order valence-electron chi connectivity index (χ4n) is 2.21. The number of rotatable bonds is 6. The summed E-state index contributed by atoms with van der Waals surface area (Å²) in [5.74, 6) is 1.60. The Balaban J connectivity index is 2.02. The van der Waals surface area contributed by atoms with E-state index in [1.165, 1.54) is 13.0 Å². The van der Waals surface area contributed by atoms with Crippen LogP contribution in [0.4, 0.5) is 0 Å². The zero-order valence-corrected chi connectivity index (χ0v) is 11.0. The third-order valence-corrected chi connectivity index (χ3v) is 3.26. The highest BCUT2D eigenvalue weighted by Gasteiger charge is 2.19. The Kier molecular flexibility index (Phi) is 5.81. The molecule has 3 nitrogen and oxygen atoms in total. The molecule has 1 saturated heterocycles. The van der Waals surface area contributed by atoms with Crippen LogP contribution in [0.2, 0.25) is 0 Å². The quantitative estimate of drug-likeness (QED) is 0.750. The highest BCUT2D eigenvalue weighted by atomic mass is 16.1. The van der Waals surface area contributed by atoms with Crippen molar-refractivity contribution in [3.63, 3.8) is 0 Å². The number of likely N-dealkylation sites (tertiary alicyclic amines) is 1. The number of carbonyl (C=O) groups excluding carboxylic acids is 1. The van der Waals surface area contributed by atoms with E-state index in [4.69, 9.17) is 0 Å². The Hall–Kier alpha value is -0.570. The Labute approximate surface area is 99.6 Å². The van der Waals surface area contributed by atoms with Gasteiger partial charge in [-0.25, -0.2) is 0 Å². The average molecular weight is 226 g/mol. The Bertz CT molecular complexity index is 216. The molecule has 16 heavy (non-hydrogen) atoms. The summed E-state index contributed by atoms with van der Waals surface area (Å²) in [5, 5.41) is 3.05. The van der Waals surface area contributed by atoms with Crippen molar-refractivity contribution < 1.29 is 4.79 Å². The Morgan fingerprint density at radius 2 is 2.25 bits per heavy atom. The predicted octanol–water partition coefficient (Wildman–Crippen LogP) is 1.88. The second kappa shape index (κ2) is 6.89. The van der Waals surface area contributed by atoms with Gasteiger partial charge in [0.05, 0.1) is 0 Å². The number of carbonyl (C=O) groups is 1. The summed E-state index contributed by atoms with van der Waals surface area (Å²) in [7, 11) is 2.14. The van der Waals surface area contributed by atoms with E-state index in [2.05, 4.69) is 31.1 Å². The van der Waals surface area contributed by atoms with Gasteiger partial charge in [0.2, 0.25) is 5.91 Å². The van der Waals surface area contributed by atoms with Crippen molar-refractivity contribution in [2.24, 2.45) is 11.8 Å². The molecule has 0 bridgehead atoms. The van der Waals surface area contributed by atoms with Crippen molar-refractivity contribution in [1.29, 1.82) is 0 Å². The molecule has 0 aromatic carbocycles. The average Bonchev–Trinajstić information content (AvgIpc) is 2.61. The van der Waals surface area contributed by atoms with Crippen LogP contribution >= 0.6 is 0 Å². The minimum Gasteiger partial charge on any atom is -0.356 e. The highest BCUT2D eigenvalue weighted by Crippen LogP contribution is 2.13. The number of amides is 1. The number of hydrogen-bond donors (Lipinski definition) is 1. The van der Waals surface area contributed by atoms with Crippen molar-refractivity contribution in [2.75, 3.05) is 26.7 Å². The van der Waals surface area contributed by atoms with E-state index in [0.717, 1.165) is 25.9 Å². The summed E-state index contributed by atoms with van der Waals surface area (Å²) in [6, 6.07) is 0. The van der Waals surface area contributed by atoms with E-state index in [1.54, 1.807) is 0 Å². The van der Waals surface area contributed by atoms with Gasteiger partial charge in [0.25, 0.3) is 0 Å². The first-order chi connectivity index (χ1) is 7.58. The first kappa shape index (κ1) is 13.5. The smallest absolute Gasteiger partial charge is 0.220 e. The van der Waals surface area contributed by atoms with E-state index in [0.29, 0.717) is 18.3 Å².